The summed E-state index contributed by atoms with van der Waals surface area (Å²) in [6, 6.07) is 12.0. The van der Waals surface area contributed by atoms with Crippen LogP contribution in [0.4, 0.5) is 10.1 Å². The average molecular weight is 521 g/mol. The van der Waals surface area contributed by atoms with E-state index in [9.17, 15) is 9.50 Å². The van der Waals surface area contributed by atoms with Gasteiger partial charge in [0.25, 0.3) is 0 Å². The topological polar surface area (TPSA) is 128 Å². The van der Waals surface area contributed by atoms with Gasteiger partial charge in [0.05, 0.1) is 28.5 Å². The van der Waals surface area contributed by atoms with Crippen molar-refractivity contribution in [3.63, 3.8) is 0 Å². The normalized spacial score (nSPS) is 14.8. The van der Waals surface area contributed by atoms with Crippen LogP contribution in [-0.4, -0.2) is 46.5 Å². The van der Waals surface area contributed by atoms with Gasteiger partial charge in [0.15, 0.2) is 11.5 Å². The highest BCUT2D eigenvalue weighted by atomic mass is 19.1. The first-order chi connectivity index (χ1) is 19.1. The lowest BCUT2D eigenvalue weighted by Gasteiger charge is -2.20. The number of aliphatic hydroxyl groups excluding tert-OH is 1. The van der Waals surface area contributed by atoms with Gasteiger partial charge in [-0.15, -0.1) is 0 Å². The number of nitrogens with zero attached hydrogens (tertiary/aromatic N) is 5. The quantitative estimate of drug-likeness (QED) is 0.208. The summed E-state index contributed by atoms with van der Waals surface area (Å²) in [5.41, 5.74) is 6.64. The van der Waals surface area contributed by atoms with Gasteiger partial charge >= 0.3 is 0 Å². The van der Waals surface area contributed by atoms with Crippen LogP contribution < -0.4 is 5.32 Å². The number of aromatic amines is 2. The molecule has 0 radical (unpaired) electrons. The lowest BCUT2D eigenvalue weighted by Crippen LogP contribution is -2.26. The highest BCUT2D eigenvalue weighted by Crippen LogP contribution is 2.33. The van der Waals surface area contributed by atoms with Crippen LogP contribution in [0.3, 0.4) is 0 Å². The molecule has 194 valence electrons. The number of nitrogens with one attached hydrogen (secondary N) is 3. The maximum absolute atomic E-state index is 13.5. The van der Waals surface area contributed by atoms with Crippen LogP contribution in [0.15, 0.2) is 67.3 Å². The van der Waals surface area contributed by atoms with Crippen molar-refractivity contribution >= 4 is 27.8 Å². The van der Waals surface area contributed by atoms with E-state index in [4.69, 9.17) is 4.98 Å². The fourth-order valence-corrected chi connectivity index (χ4v) is 5.35. The van der Waals surface area contributed by atoms with Gasteiger partial charge in [0.2, 0.25) is 0 Å². The fourth-order valence-electron chi connectivity index (χ4n) is 5.35. The van der Waals surface area contributed by atoms with Gasteiger partial charge in [-0.05, 0) is 55.3 Å². The minimum absolute atomic E-state index is 0.266. The lowest BCUT2D eigenvalue weighted by atomic mass is 10.1. The predicted octanol–water partition coefficient (Wildman–Crippen LogP) is 5.68. The first kappa shape index (κ1) is 23.4. The van der Waals surface area contributed by atoms with Gasteiger partial charge in [-0.1, -0.05) is 12.8 Å². The van der Waals surface area contributed by atoms with Crippen LogP contribution in [0.5, 0.6) is 0 Å². The molecule has 1 saturated carbocycles. The fraction of sp³-hybridized carbons (Fsp3) is 0.207. The van der Waals surface area contributed by atoms with Gasteiger partial charge in [0, 0.05) is 41.2 Å². The van der Waals surface area contributed by atoms with Gasteiger partial charge in [-0.2, -0.15) is 5.10 Å². The number of rotatable bonds is 6. The number of aliphatic hydroxyl groups is 1. The zero-order chi connectivity index (χ0) is 26.3. The number of hydrogen-bond donors (Lipinski definition) is 4. The molecule has 7 rings (SSSR count). The van der Waals surface area contributed by atoms with Gasteiger partial charge in [-0.3, -0.25) is 15.1 Å². The Balaban J connectivity index is 1.24. The maximum Gasteiger partial charge on any atom is 0.159 e. The molecule has 1 aromatic carbocycles. The second kappa shape index (κ2) is 9.55. The number of halogens is 1. The van der Waals surface area contributed by atoms with Crippen molar-refractivity contribution < 1.29 is 9.50 Å². The molecule has 1 atom stereocenters. The monoisotopic (exact) mass is 520 g/mol. The summed E-state index contributed by atoms with van der Waals surface area (Å²) in [6.45, 7) is 0. The molecule has 0 aliphatic heterocycles. The number of anilines is 1. The summed E-state index contributed by atoms with van der Waals surface area (Å²) in [5.74, 6) is 0.531. The number of H-pyrrole nitrogens is 2. The standard InChI is InChI=1S/C29H25FN8O/c30-20-7-5-16(6-8-20)24-26-23(9-10-32-24)35-28(36-26)25-22-12-19(14-33-27(22)38-37-25)18-11-21(15-31-13-18)34-29(39)17-3-1-2-4-17/h5-15,17,29,34,39H,1-4H2,(H,35,36)(H,33,37,38). The first-order valence-electron chi connectivity index (χ1n) is 13.0. The smallest absolute Gasteiger partial charge is 0.159 e. The Morgan fingerprint density at radius 3 is 2.59 bits per heavy atom. The molecule has 1 aliphatic carbocycles. The summed E-state index contributed by atoms with van der Waals surface area (Å²) in [5, 5.41) is 22.1. The van der Waals surface area contributed by atoms with Crippen molar-refractivity contribution in [2.45, 2.75) is 31.9 Å². The number of pyridine rings is 3. The molecular weight excluding hydrogens is 495 g/mol. The number of hydrogen-bond acceptors (Lipinski definition) is 7. The third-order valence-corrected chi connectivity index (χ3v) is 7.39. The number of aromatic nitrogens is 7. The maximum atomic E-state index is 13.5. The molecule has 5 heterocycles. The largest absolute Gasteiger partial charge is 0.374 e. The Labute approximate surface area is 222 Å². The van der Waals surface area contributed by atoms with Crippen molar-refractivity contribution in [2.75, 3.05) is 5.32 Å². The summed E-state index contributed by atoms with van der Waals surface area (Å²) in [7, 11) is 0. The number of imidazole rings is 1. The molecule has 1 fully saturated rings. The van der Waals surface area contributed by atoms with E-state index in [1.54, 1.807) is 36.9 Å². The van der Waals surface area contributed by atoms with E-state index in [-0.39, 0.29) is 11.7 Å². The molecule has 6 aromatic rings. The molecule has 1 aliphatic rings. The van der Waals surface area contributed by atoms with E-state index < -0.39 is 6.23 Å². The van der Waals surface area contributed by atoms with Crippen molar-refractivity contribution in [3.8, 4) is 33.9 Å². The van der Waals surface area contributed by atoms with Crippen molar-refractivity contribution in [1.29, 1.82) is 0 Å². The van der Waals surface area contributed by atoms with Crippen LogP contribution in [-0.2, 0) is 0 Å². The zero-order valence-corrected chi connectivity index (χ0v) is 20.9. The molecule has 0 amide bonds. The summed E-state index contributed by atoms with van der Waals surface area (Å²) in [4.78, 5) is 21.6. The van der Waals surface area contributed by atoms with E-state index in [1.165, 1.54) is 12.1 Å². The van der Waals surface area contributed by atoms with Crippen molar-refractivity contribution in [2.24, 2.45) is 5.92 Å². The van der Waals surface area contributed by atoms with E-state index in [1.807, 2.05) is 18.2 Å². The lowest BCUT2D eigenvalue weighted by molar-refractivity contribution is 0.137. The number of benzene rings is 1. The second-order valence-electron chi connectivity index (χ2n) is 9.94. The van der Waals surface area contributed by atoms with Crippen LogP contribution in [0.2, 0.25) is 0 Å². The minimum Gasteiger partial charge on any atom is -0.374 e. The predicted molar refractivity (Wildman–Crippen MR) is 147 cm³/mol. The Morgan fingerprint density at radius 1 is 0.923 bits per heavy atom. The summed E-state index contributed by atoms with van der Waals surface area (Å²) >= 11 is 0. The molecule has 4 N–H and O–H groups in total. The molecule has 9 nitrogen and oxygen atoms in total. The Morgan fingerprint density at radius 2 is 1.74 bits per heavy atom. The van der Waals surface area contributed by atoms with Crippen LogP contribution >= 0.6 is 0 Å². The summed E-state index contributed by atoms with van der Waals surface area (Å²) in [6.07, 6.45) is 10.8. The summed E-state index contributed by atoms with van der Waals surface area (Å²) < 4.78 is 13.5. The van der Waals surface area contributed by atoms with Gasteiger partial charge in [-0.25, -0.2) is 14.4 Å². The zero-order valence-electron chi connectivity index (χ0n) is 20.9. The van der Waals surface area contributed by atoms with E-state index in [0.717, 1.165) is 59.0 Å². The van der Waals surface area contributed by atoms with Crippen molar-refractivity contribution in [1.82, 2.24) is 35.1 Å². The molecule has 0 saturated heterocycles. The highest BCUT2D eigenvalue weighted by molar-refractivity contribution is 5.96. The van der Waals surface area contributed by atoms with Crippen molar-refractivity contribution in [3.05, 3.63) is 73.1 Å². The van der Waals surface area contributed by atoms with E-state index in [2.05, 4.69) is 35.5 Å². The molecule has 1 unspecified atom stereocenters. The third-order valence-electron chi connectivity index (χ3n) is 7.39. The molecule has 39 heavy (non-hydrogen) atoms. The first-order valence-corrected chi connectivity index (χ1v) is 13.0. The highest BCUT2D eigenvalue weighted by Gasteiger charge is 2.23. The second-order valence-corrected chi connectivity index (χ2v) is 9.94. The van der Waals surface area contributed by atoms with Crippen LogP contribution in [0.1, 0.15) is 25.7 Å². The number of fused-ring (bicyclic) bond motifs is 2. The van der Waals surface area contributed by atoms with Gasteiger partial charge < -0.3 is 15.4 Å². The van der Waals surface area contributed by atoms with Crippen LogP contribution in [0, 0.1) is 11.7 Å². The van der Waals surface area contributed by atoms with Gasteiger partial charge in [0.1, 0.15) is 23.3 Å². The minimum atomic E-state index is -0.590. The molecule has 0 spiro atoms. The molecule has 0 bridgehead atoms. The Bertz CT molecular complexity index is 1790. The van der Waals surface area contributed by atoms with Crippen LogP contribution in [0.25, 0.3) is 56.0 Å². The van der Waals surface area contributed by atoms with E-state index in [0.29, 0.717) is 28.4 Å². The van der Waals surface area contributed by atoms with E-state index >= 15 is 0 Å². The Kier molecular flexibility index (Phi) is 5.74. The molecule has 10 heteroatoms. The molecular formula is C29H25FN8O. The molecule has 5 aromatic heterocycles. The SMILES string of the molecule is OC(Nc1cncc(-c2cnc3[nH]nc(-c4nc5c(-c6ccc(F)cc6)nccc5[nH]4)c3c2)c1)C1CCCC1. The average Bonchev–Trinajstić information content (AvgIpc) is 3.73. The third kappa shape index (κ3) is 4.38. The Hall–Kier alpha value is -4.70.